The Labute approximate surface area is 181 Å². The fourth-order valence-electron chi connectivity index (χ4n) is 3.54. The molecule has 0 aliphatic rings. The Morgan fingerprint density at radius 1 is 1.09 bits per heavy atom. The standard InChI is InChI=1S/C22H20F2N6O2/c1-10-6-16(28-22(32)20(31)13-7-14(23)9-15(24)8-13)4-5-17(10)30-19-18(11(2)29-30)26-12(3)27-21(19)25/h4-9,20,31H,1-3H3,(H,28,32)(H2,25,26,27). The van der Waals surface area contributed by atoms with Crippen LogP contribution in [0.3, 0.4) is 0 Å². The number of nitrogen functional groups attached to an aromatic ring is 1. The van der Waals surface area contributed by atoms with Crippen LogP contribution >= 0.6 is 0 Å². The first-order valence-corrected chi connectivity index (χ1v) is 9.69. The fraction of sp³-hybridized carbons (Fsp3) is 0.182. The number of halogens is 2. The van der Waals surface area contributed by atoms with Gasteiger partial charge >= 0.3 is 0 Å². The molecule has 2 aromatic heterocycles. The summed E-state index contributed by atoms with van der Waals surface area (Å²) < 4.78 is 28.4. The summed E-state index contributed by atoms with van der Waals surface area (Å²) in [6.07, 6.45) is -1.74. The summed E-state index contributed by atoms with van der Waals surface area (Å²) in [6, 6.07) is 7.50. The molecule has 0 radical (unpaired) electrons. The number of aromatic nitrogens is 4. The molecule has 2 aromatic carbocycles. The molecule has 0 aliphatic heterocycles. The molecule has 4 aromatic rings. The van der Waals surface area contributed by atoms with Gasteiger partial charge in [-0.2, -0.15) is 5.10 Å². The first-order chi connectivity index (χ1) is 15.1. The van der Waals surface area contributed by atoms with Gasteiger partial charge in [0.15, 0.2) is 11.9 Å². The van der Waals surface area contributed by atoms with Crippen molar-refractivity contribution in [2.45, 2.75) is 26.9 Å². The molecule has 32 heavy (non-hydrogen) atoms. The van der Waals surface area contributed by atoms with Crippen LogP contribution in [0.4, 0.5) is 20.3 Å². The smallest absolute Gasteiger partial charge is 0.257 e. The van der Waals surface area contributed by atoms with Crippen molar-refractivity contribution in [2.75, 3.05) is 11.1 Å². The van der Waals surface area contributed by atoms with Crippen LogP contribution in [0.25, 0.3) is 16.7 Å². The van der Waals surface area contributed by atoms with Crippen LogP contribution in [-0.4, -0.2) is 30.8 Å². The molecule has 1 atom stereocenters. The lowest BCUT2D eigenvalue weighted by Crippen LogP contribution is -2.21. The molecule has 0 aliphatic carbocycles. The Morgan fingerprint density at radius 3 is 2.44 bits per heavy atom. The van der Waals surface area contributed by atoms with E-state index in [0.29, 0.717) is 45.8 Å². The van der Waals surface area contributed by atoms with Crippen LogP contribution in [0.2, 0.25) is 0 Å². The van der Waals surface area contributed by atoms with Gasteiger partial charge in [-0.25, -0.2) is 23.4 Å². The maximum Gasteiger partial charge on any atom is 0.257 e. The Morgan fingerprint density at radius 2 is 1.78 bits per heavy atom. The second-order valence-electron chi connectivity index (χ2n) is 7.45. The van der Waals surface area contributed by atoms with E-state index in [1.807, 2.05) is 13.8 Å². The lowest BCUT2D eigenvalue weighted by atomic mass is 10.1. The number of carbonyl (C=O) groups excluding carboxylic acids is 1. The number of hydrogen-bond donors (Lipinski definition) is 3. The summed E-state index contributed by atoms with van der Waals surface area (Å²) in [5.41, 5.74) is 9.70. The van der Waals surface area contributed by atoms with Crippen LogP contribution in [0.1, 0.15) is 28.7 Å². The number of carbonyl (C=O) groups is 1. The predicted octanol–water partition coefficient (Wildman–Crippen LogP) is 3.27. The van der Waals surface area contributed by atoms with E-state index in [1.165, 1.54) is 0 Å². The lowest BCUT2D eigenvalue weighted by Gasteiger charge is -2.14. The average Bonchev–Trinajstić information content (AvgIpc) is 3.03. The van der Waals surface area contributed by atoms with Crippen molar-refractivity contribution < 1.29 is 18.7 Å². The maximum atomic E-state index is 13.4. The van der Waals surface area contributed by atoms with Crippen LogP contribution in [0.15, 0.2) is 36.4 Å². The molecule has 1 amide bonds. The van der Waals surface area contributed by atoms with Gasteiger partial charge in [-0.05, 0) is 62.2 Å². The number of aliphatic hydroxyl groups excluding tert-OH is 1. The number of aliphatic hydroxyl groups is 1. The molecular formula is C22H20F2N6O2. The number of benzene rings is 2. The van der Waals surface area contributed by atoms with Crippen LogP contribution in [0, 0.1) is 32.4 Å². The van der Waals surface area contributed by atoms with Gasteiger partial charge in [-0.15, -0.1) is 0 Å². The number of rotatable bonds is 4. The second kappa shape index (κ2) is 7.97. The minimum atomic E-state index is -1.74. The summed E-state index contributed by atoms with van der Waals surface area (Å²) in [5, 5.41) is 17.3. The van der Waals surface area contributed by atoms with E-state index < -0.39 is 23.6 Å². The van der Waals surface area contributed by atoms with Crippen molar-refractivity contribution in [3.8, 4) is 5.69 Å². The molecule has 0 fully saturated rings. The average molecular weight is 438 g/mol. The highest BCUT2D eigenvalue weighted by molar-refractivity contribution is 5.95. The zero-order chi connectivity index (χ0) is 23.2. The number of fused-ring (bicyclic) bond motifs is 1. The highest BCUT2D eigenvalue weighted by atomic mass is 19.1. The summed E-state index contributed by atoms with van der Waals surface area (Å²) in [5.74, 6) is -1.74. The molecule has 0 saturated heterocycles. The first kappa shape index (κ1) is 21.3. The Balaban J connectivity index is 1.63. The molecule has 0 bridgehead atoms. The van der Waals surface area contributed by atoms with Crippen molar-refractivity contribution in [1.82, 2.24) is 19.7 Å². The van der Waals surface area contributed by atoms with Crippen molar-refractivity contribution in [2.24, 2.45) is 0 Å². The molecule has 10 heteroatoms. The number of nitrogens with two attached hydrogens (primary N) is 1. The third-order valence-electron chi connectivity index (χ3n) is 4.97. The zero-order valence-electron chi connectivity index (χ0n) is 17.5. The van der Waals surface area contributed by atoms with Gasteiger partial charge in [0.2, 0.25) is 0 Å². The van der Waals surface area contributed by atoms with Crippen LogP contribution in [0.5, 0.6) is 0 Å². The minimum Gasteiger partial charge on any atom is -0.382 e. The zero-order valence-corrected chi connectivity index (χ0v) is 17.5. The summed E-state index contributed by atoms with van der Waals surface area (Å²) in [4.78, 5) is 21.0. The first-order valence-electron chi connectivity index (χ1n) is 9.69. The highest BCUT2D eigenvalue weighted by Gasteiger charge is 2.20. The van der Waals surface area contributed by atoms with Crippen molar-refractivity contribution >= 4 is 28.4 Å². The van der Waals surface area contributed by atoms with Crippen LogP contribution in [-0.2, 0) is 4.79 Å². The molecule has 4 N–H and O–H groups in total. The van der Waals surface area contributed by atoms with E-state index in [0.717, 1.165) is 17.7 Å². The number of nitrogens with zero attached hydrogens (tertiary/aromatic N) is 4. The van der Waals surface area contributed by atoms with Crippen molar-refractivity contribution in [3.63, 3.8) is 0 Å². The summed E-state index contributed by atoms with van der Waals surface area (Å²) in [7, 11) is 0. The van der Waals surface area contributed by atoms with Crippen LogP contribution < -0.4 is 11.1 Å². The molecule has 0 spiro atoms. The highest BCUT2D eigenvalue weighted by Crippen LogP contribution is 2.27. The van der Waals surface area contributed by atoms with Gasteiger partial charge in [-0.3, -0.25) is 4.79 Å². The topological polar surface area (TPSA) is 119 Å². The van der Waals surface area contributed by atoms with E-state index in [2.05, 4.69) is 20.4 Å². The summed E-state index contributed by atoms with van der Waals surface area (Å²) >= 11 is 0. The number of hydrogen-bond acceptors (Lipinski definition) is 6. The number of aryl methyl sites for hydroxylation is 3. The molecule has 164 valence electrons. The van der Waals surface area contributed by atoms with Crippen molar-refractivity contribution in [1.29, 1.82) is 0 Å². The van der Waals surface area contributed by atoms with E-state index in [4.69, 9.17) is 5.73 Å². The van der Waals surface area contributed by atoms with E-state index in [1.54, 1.807) is 29.8 Å². The number of nitrogens with one attached hydrogen (secondary N) is 1. The lowest BCUT2D eigenvalue weighted by molar-refractivity contribution is -0.124. The fourth-order valence-corrected chi connectivity index (χ4v) is 3.54. The van der Waals surface area contributed by atoms with Gasteiger partial charge in [0.1, 0.15) is 28.5 Å². The van der Waals surface area contributed by atoms with Gasteiger partial charge in [-0.1, -0.05) is 0 Å². The second-order valence-corrected chi connectivity index (χ2v) is 7.45. The van der Waals surface area contributed by atoms with Gasteiger partial charge in [0.25, 0.3) is 5.91 Å². The number of anilines is 2. The molecule has 1 unspecified atom stereocenters. The molecular weight excluding hydrogens is 418 g/mol. The molecule has 2 heterocycles. The van der Waals surface area contributed by atoms with Gasteiger partial charge < -0.3 is 16.2 Å². The predicted molar refractivity (Wildman–Crippen MR) is 115 cm³/mol. The molecule has 0 saturated carbocycles. The third-order valence-corrected chi connectivity index (χ3v) is 4.97. The normalized spacial score (nSPS) is 12.2. The minimum absolute atomic E-state index is 0.183. The van der Waals surface area contributed by atoms with E-state index in [-0.39, 0.29) is 5.56 Å². The maximum absolute atomic E-state index is 13.4. The van der Waals surface area contributed by atoms with E-state index >= 15 is 0 Å². The Bertz CT molecular complexity index is 1350. The van der Waals surface area contributed by atoms with Gasteiger partial charge in [0, 0.05) is 11.8 Å². The number of amides is 1. The summed E-state index contributed by atoms with van der Waals surface area (Å²) in [6.45, 7) is 5.39. The largest absolute Gasteiger partial charge is 0.382 e. The Kier molecular flexibility index (Phi) is 5.31. The van der Waals surface area contributed by atoms with Crippen molar-refractivity contribution in [3.05, 3.63) is 70.7 Å². The van der Waals surface area contributed by atoms with E-state index in [9.17, 15) is 18.7 Å². The Hall–Kier alpha value is -3.92. The SMILES string of the molecule is Cc1nc(N)c2c(n1)c(C)nn2-c1ccc(NC(=O)C(O)c2cc(F)cc(F)c2)cc1C. The quantitative estimate of drug-likeness (QED) is 0.450. The molecule has 4 rings (SSSR count). The van der Waals surface area contributed by atoms with Gasteiger partial charge in [0.05, 0.1) is 11.4 Å². The monoisotopic (exact) mass is 438 g/mol. The third kappa shape index (κ3) is 3.87. The molecule has 8 nitrogen and oxygen atoms in total.